The molecule has 0 fully saturated rings. The van der Waals surface area contributed by atoms with E-state index in [1.807, 2.05) is 0 Å². The molecule has 0 spiro atoms. The van der Waals surface area contributed by atoms with Crippen molar-refractivity contribution >= 4 is 13.5 Å². The summed E-state index contributed by atoms with van der Waals surface area (Å²) in [5.74, 6) is 0.208. The Morgan fingerprint density at radius 1 is 1.20 bits per heavy atom. The standard InChI is InChI=1S/C14H27N4O6P/c1-9(2)23-25(21,24-10(3)4)8-22-12(7-19)6-18-11(5)16-13(15)17-14(18)20/h9-10,12,19H,6-8H2,1-5H3,(H2,15,17,20)/t12-/m0/s1. The van der Waals surface area contributed by atoms with E-state index in [1.165, 1.54) is 4.57 Å². The number of anilines is 1. The summed E-state index contributed by atoms with van der Waals surface area (Å²) in [6, 6.07) is 0. The normalized spacial score (nSPS) is 13.6. The Morgan fingerprint density at radius 2 is 1.76 bits per heavy atom. The quantitative estimate of drug-likeness (QED) is 0.569. The minimum absolute atomic E-state index is 0.0230. The van der Waals surface area contributed by atoms with Gasteiger partial charge in [0.15, 0.2) is 0 Å². The molecule has 0 aromatic carbocycles. The van der Waals surface area contributed by atoms with Gasteiger partial charge < -0.3 is 24.6 Å². The fourth-order valence-corrected chi connectivity index (χ4v) is 3.90. The van der Waals surface area contributed by atoms with Crippen molar-refractivity contribution in [3.63, 3.8) is 0 Å². The molecule has 0 aliphatic carbocycles. The number of aliphatic hydroxyl groups is 1. The zero-order chi connectivity index (χ0) is 19.2. The largest absolute Gasteiger partial charge is 0.394 e. The summed E-state index contributed by atoms with van der Waals surface area (Å²) in [6.07, 6.45) is -1.81. The van der Waals surface area contributed by atoms with Crippen molar-refractivity contribution in [3.8, 4) is 0 Å². The lowest BCUT2D eigenvalue weighted by Crippen LogP contribution is -2.34. The Bertz CT molecular complexity index is 649. The highest BCUT2D eigenvalue weighted by Gasteiger charge is 2.30. The Morgan fingerprint density at radius 3 is 2.20 bits per heavy atom. The van der Waals surface area contributed by atoms with Gasteiger partial charge in [0.05, 0.1) is 31.5 Å². The van der Waals surface area contributed by atoms with E-state index in [-0.39, 0.29) is 31.0 Å². The van der Waals surface area contributed by atoms with E-state index in [9.17, 15) is 14.5 Å². The van der Waals surface area contributed by atoms with Gasteiger partial charge >= 0.3 is 13.3 Å². The average Bonchev–Trinajstić information content (AvgIpc) is 2.43. The fourth-order valence-electron chi connectivity index (χ4n) is 2.05. The molecule has 0 saturated carbocycles. The van der Waals surface area contributed by atoms with Crippen LogP contribution in [0.3, 0.4) is 0 Å². The first-order valence-electron chi connectivity index (χ1n) is 7.95. The van der Waals surface area contributed by atoms with Crippen molar-refractivity contribution in [2.24, 2.45) is 0 Å². The third-order valence-electron chi connectivity index (χ3n) is 2.91. The van der Waals surface area contributed by atoms with Crippen molar-refractivity contribution in [3.05, 3.63) is 16.3 Å². The Kier molecular flexibility index (Phi) is 8.17. The average molecular weight is 378 g/mol. The lowest BCUT2D eigenvalue weighted by molar-refractivity contribution is 0.00951. The molecule has 0 saturated heterocycles. The number of aromatic nitrogens is 3. The van der Waals surface area contributed by atoms with Gasteiger partial charge in [0.25, 0.3) is 0 Å². The van der Waals surface area contributed by atoms with Crippen LogP contribution in [0.5, 0.6) is 0 Å². The Hall–Kier alpha value is -1.32. The third-order valence-corrected chi connectivity index (χ3v) is 4.86. The second kappa shape index (κ2) is 9.40. The number of hydrogen-bond acceptors (Lipinski definition) is 9. The molecule has 1 heterocycles. The van der Waals surface area contributed by atoms with Crippen LogP contribution < -0.4 is 11.4 Å². The molecule has 10 nitrogen and oxygen atoms in total. The molecule has 0 amide bonds. The maximum atomic E-state index is 12.7. The molecule has 1 aromatic rings. The summed E-state index contributed by atoms with van der Waals surface area (Å²) in [6.45, 7) is 8.08. The van der Waals surface area contributed by atoms with Crippen LogP contribution in [0, 0.1) is 6.92 Å². The van der Waals surface area contributed by atoms with E-state index in [2.05, 4.69) is 9.97 Å². The van der Waals surface area contributed by atoms with Gasteiger partial charge in [-0.1, -0.05) is 0 Å². The van der Waals surface area contributed by atoms with Crippen molar-refractivity contribution in [2.75, 3.05) is 18.7 Å². The number of rotatable bonds is 10. The number of nitrogens with two attached hydrogens (primary N) is 1. The van der Waals surface area contributed by atoms with Gasteiger partial charge in [-0.25, -0.2) is 9.78 Å². The van der Waals surface area contributed by atoms with Crippen LogP contribution in [-0.4, -0.2) is 50.9 Å². The predicted molar refractivity (Wildman–Crippen MR) is 92.3 cm³/mol. The number of aliphatic hydroxyl groups excluding tert-OH is 1. The Balaban J connectivity index is 2.84. The summed E-state index contributed by atoms with van der Waals surface area (Å²) in [5, 5.41) is 9.51. The highest BCUT2D eigenvalue weighted by molar-refractivity contribution is 7.53. The maximum Gasteiger partial charge on any atom is 0.356 e. The minimum Gasteiger partial charge on any atom is -0.394 e. The molecule has 0 radical (unpaired) electrons. The molecule has 3 N–H and O–H groups in total. The molecule has 1 atom stereocenters. The SMILES string of the molecule is Cc1nc(N)nc(=O)n1C[C@@H](CO)OCP(=O)(OC(C)C)OC(C)C. The second-order valence-electron chi connectivity index (χ2n) is 6.04. The van der Waals surface area contributed by atoms with Gasteiger partial charge in [-0.2, -0.15) is 4.98 Å². The van der Waals surface area contributed by atoms with Crippen molar-refractivity contribution in [1.82, 2.24) is 14.5 Å². The molecular weight excluding hydrogens is 351 g/mol. The fraction of sp³-hybridized carbons (Fsp3) is 0.786. The summed E-state index contributed by atoms with van der Waals surface area (Å²) < 4.78 is 30.2. The molecule has 0 unspecified atom stereocenters. The smallest absolute Gasteiger partial charge is 0.356 e. The predicted octanol–water partition coefficient (Wildman–Crippen LogP) is 0.907. The summed E-state index contributed by atoms with van der Waals surface area (Å²) in [7, 11) is -3.51. The molecular formula is C14H27N4O6P. The van der Waals surface area contributed by atoms with Crippen LogP contribution in [0.25, 0.3) is 0 Å². The molecule has 1 rings (SSSR count). The summed E-state index contributed by atoms with van der Waals surface area (Å²) in [5.41, 5.74) is 4.81. The second-order valence-corrected chi connectivity index (χ2v) is 7.94. The van der Waals surface area contributed by atoms with E-state index in [1.54, 1.807) is 34.6 Å². The van der Waals surface area contributed by atoms with E-state index in [4.69, 9.17) is 19.5 Å². The van der Waals surface area contributed by atoms with Crippen LogP contribution >= 0.6 is 7.60 Å². The molecule has 11 heteroatoms. The third kappa shape index (κ3) is 7.21. The van der Waals surface area contributed by atoms with Crippen molar-refractivity contribution < 1.29 is 23.5 Å². The molecule has 25 heavy (non-hydrogen) atoms. The number of ether oxygens (including phenoxy) is 1. The highest BCUT2D eigenvalue weighted by atomic mass is 31.2. The molecule has 0 aliphatic heterocycles. The minimum atomic E-state index is -3.51. The topological polar surface area (TPSA) is 139 Å². The van der Waals surface area contributed by atoms with E-state index in [0.717, 1.165) is 0 Å². The van der Waals surface area contributed by atoms with Gasteiger partial charge in [-0.15, -0.1) is 0 Å². The first-order valence-corrected chi connectivity index (χ1v) is 9.68. The van der Waals surface area contributed by atoms with Gasteiger partial charge in [-0.3, -0.25) is 9.13 Å². The Labute approximate surface area is 146 Å². The monoisotopic (exact) mass is 378 g/mol. The van der Waals surface area contributed by atoms with Gasteiger partial charge in [0, 0.05) is 0 Å². The lowest BCUT2D eigenvalue weighted by atomic mass is 10.3. The van der Waals surface area contributed by atoms with Gasteiger partial charge in [0.1, 0.15) is 12.2 Å². The van der Waals surface area contributed by atoms with E-state index >= 15 is 0 Å². The van der Waals surface area contributed by atoms with Crippen LogP contribution in [-0.2, 0) is 24.9 Å². The number of hydrogen-bond donors (Lipinski definition) is 2. The molecule has 0 bridgehead atoms. The van der Waals surface area contributed by atoms with Crippen LogP contribution in [0.4, 0.5) is 5.95 Å². The van der Waals surface area contributed by atoms with Crippen LogP contribution in [0.15, 0.2) is 4.79 Å². The maximum absolute atomic E-state index is 12.7. The van der Waals surface area contributed by atoms with E-state index < -0.39 is 26.0 Å². The van der Waals surface area contributed by atoms with Crippen LogP contribution in [0.2, 0.25) is 0 Å². The number of nitrogen functional groups attached to an aromatic ring is 1. The molecule has 1 aromatic heterocycles. The zero-order valence-electron chi connectivity index (χ0n) is 15.2. The first kappa shape index (κ1) is 21.7. The highest BCUT2D eigenvalue weighted by Crippen LogP contribution is 2.50. The number of nitrogens with zero attached hydrogens (tertiary/aromatic N) is 3. The molecule has 144 valence electrons. The lowest BCUT2D eigenvalue weighted by Gasteiger charge is -2.25. The van der Waals surface area contributed by atoms with Crippen LogP contribution in [0.1, 0.15) is 33.5 Å². The van der Waals surface area contributed by atoms with E-state index in [0.29, 0.717) is 5.82 Å². The van der Waals surface area contributed by atoms with Gasteiger partial charge in [-0.05, 0) is 34.6 Å². The van der Waals surface area contributed by atoms with Crippen molar-refractivity contribution in [1.29, 1.82) is 0 Å². The number of aryl methyl sites for hydroxylation is 1. The molecule has 0 aliphatic rings. The van der Waals surface area contributed by atoms with Crippen molar-refractivity contribution in [2.45, 2.75) is 59.5 Å². The summed E-state index contributed by atoms with van der Waals surface area (Å²) in [4.78, 5) is 19.3. The zero-order valence-corrected chi connectivity index (χ0v) is 16.1. The first-order chi connectivity index (χ1) is 11.6. The van der Waals surface area contributed by atoms with Gasteiger partial charge in [0.2, 0.25) is 5.95 Å². The summed E-state index contributed by atoms with van der Waals surface area (Å²) >= 11 is 0.